The van der Waals surface area contributed by atoms with E-state index in [9.17, 15) is 9.13 Å². The van der Waals surface area contributed by atoms with E-state index in [1.165, 1.54) is 9.47 Å². The Hall–Kier alpha value is 0.620. The summed E-state index contributed by atoms with van der Waals surface area (Å²) in [4.78, 5) is 16.4. The Labute approximate surface area is 75.5 Å². The van der Waals surface area contributed by atoms with Crippen molar-refractivity contribution in [3.8, 4) is 0 Å². The van der Waals surface area contributed by atoms with Crippen LogP contribution in [-0.2, 0) is 22.3 Å². The van der Waals surface area contributed by atoms with Gasteiger partial charge >= 0.3 is 15.6 Å². The lowest BCUT2D eigenvalue weighted by Gasteiger charge is -2.12. The van der Waals surface area contributed by atoms with Gasteiger partial charge in [-0.25, -0.2) is 9.13 Å². The lowest BCUT2D eigenvalue weighted by Crippen LogP contribution is -1.91. The van der Waals surface area contributed by atoms with Crippen LogP contribution in [0.1, 0.15) is 0 Å². The van der Waals surface area contributed by atoms with E-state index in [1.54, 1.807) is 0 Å². The van der Waals surface area contributed by atoms with Crippen molar-refractivity contribution in [3.05, 3.63) is 0 Å². The average Bonchev–Trinajstić information content (AvgIpc) is 1.84. The van der Waals surface area contributed by atoms with Gasteiger partial charge in [-0.15, -0.1) is 0 Å². The normalized spacial score (nSPS) is 16.6. The summed E-state index contributed by atoms with van der Waals surface area (Å²) in [5, 5.41) is 0. The fourth-order valence-electron chi connectivity index (χ4n) is 0.246. The molecule has 0 aromatic carbocycles. The molecule has 0 fully saturated rings. The van der Waals surface area contributed by atoms with Crippen LogP contribution in [0.2, 0.25) is 0 Å². The molecule has 0 radical (unpaired) electrons. The van der Waals surface area contributed by atoms with Crippen LogP contribution in [0.3, 0.4) is 0 Å². The first-order chi connectivity index (χ1) is 5.33. The highest BCUT2D eigenvalue weighted by atomic mass is 32.1. The smallest absolute Gasteiger partial charge is 0.400 e. The van der Waals surface area contributed by atoms with Crippen molar-refractivity contribution < 1.29 is 32.1 Å². The van der Waals surface area contributed by atoms with E-state index in [1.807, 2.05) is 0 Å². The summed E-state index contributed by atoms with van der Waals surface area (Å²) < 4.78 is 32.8. The molecule has 11 heteroatoms. The van der Waals surface area contributed by atoms with E-state index < -0.39 is 15.6 Å². The number of thiocarbonyl (C=S) groups is 1. The van der Waals surface area contributed by atoms with E-state index in [2.05, 4.69) is 25.4 Å². The molecule has 0 saturated heterocycles. The van der Waals surface area contributed by atoms with E-state index >= 15 is 0 Å². The van der Waals surface area contributed by atoms with Crippen LogP contribution in [0.5, 0.6) is 0 Å². The topological polar surface area (TPSA) is 102 Å². The molecule has 0 saturated carbocycles. The lowest BCUT2D eigenvalue weighted by atomic mass is 11.7. The molecule has 2 N–H and O–H groups in total. The molecule has 12 heavy (non-hydrogen) atoms. The molecule has 0 aromatic rings. The third-order valence-corrected chi connectivity index (χ3v) is 3.79. The summed E-state index contributed by atoms with van der Waals surface area (Å²) in [6, 6.07) is 0. The van der Waals surface area contributed by atoms with Gasteiger partial charge in [0.25, 0.3) is 0 Å². The van der Waals surface area contributed by atoms with Gasteiger partial charge in [-0.1, -0.05) is 0 Å². The summed E-state index contributed by atoms with van der Waals surface area (Å²) in [5.41, 5.74) is 0.514. The highest BCUT2D eigenvalue weighted by Gasteiger charge is 2.35. The fourth-order valence-corrected chi connectivity index (χ4v) is 2.56. The molecule has 72 valence electrons. The van der Waals surface area contributed by atoms with Crippen LogP contribution in [0.4, 0.5) is 0 Å². The fraction of sp³-hybridized carbons (Fsp3) is 0. The van der Waals surface area contributed by atoms with Crippen LogP contribution < -0.4 is 0 Å². The number of phosphoric acid groups is 2. The van der Waals surface area contributed by atoms with Gasteiger partial charge in [0, 0.05) is 9.47 Å². The second-order valence-electron chi connectivity index (χ2n) is 1.33. The zero-order valence-corrected chi connectivity index (χ0v) is 9.15. The first-order valence-corrected chi connectivity index (χ1v) is 6.14. The van der Waals surface area contributed by atoms with Gasteiger partial charge in [-0.05, 0) is 12.2 Å². The van der Waals surface area contributed by atoms with Gasteiger partial charge in [0.15, 0.2) is 5.55 Å². The molecule has 2 atom stereocenters. The minimum Gasteiger partial charge on any atom is -0.400 e. The van der Waals surface area contributed by atoms with Crippen LogP contribution in [0, 0.1) is 0 Å². The molecule has 0 rings (SSSR count). The summed E-state index contributed by atoms with van der Waals surface area (Å²) in [7, 11) is -7.73. The Balaban J connectivity index is 4.45. The predicted molar refractivity (Wildman–Crippen MR) is 46.3 cm³/mol. The van der Waals surface area contributed by atoms with E-state index in [0.29, 0.717) is 5.55 Å². The molecule has 0 aliphatic carbocycles. The second-order valence-corrected chi connectivity index (χ2v) is 5.10. The summed E-state index contributed by atoms with van der Waals surface area (Å²) in [6.07, 6.45) is 0. The van der Waals surface area contributed by atoms with Crippen molar-refractivity contribution in [1.29, 1.82) is 0 Å². The van der Waals surface area contributed by atoms with Gasteiger partial charge in [0.2, 0.25) is 0 Å². The van der Waals surface area contributed by atoms with Crippen LogP contribution in [0.25, 0.3) is 0 Å². The van der Waals surface area contributed by atoms with Crippen molar-refractivity contribution in [2.75, 3.05) is 0 Å². The summed E-state index contributed by atoms with van der Waals surface area (Å²) >= 11 is 4.11. The Morgan fingerprint density at radius 1 is 1.42 bits per heavy atom. The van der Waals surface area contributed by atoms with Crippen LogP contribution in [-0.4, -0.2) is 15.3 Å². The van der Waals surface area contributed by atoms with Crippen molar-refractivity contribution in [1.82, 2.24) is 0 Å². The Morgan fingerprint density at radius 3 is 2.17 bits per heavy atom. The maximum Gasteiger partial charge on any atom is 0.542 e. The second kappa shape index (κ2) is 4.74. The van der Waals surface area contributed by atoms with Gasteiger partial charge in [-0.3, -0.25) is 4.31 Å². The molecular weight excluding hydrogens is 249 g/mol. The highest BCUT2D eigenvalue weighted by Crippen LogP contribution is 2.61. The number of hydrogen-bond donors (Lipinski definition) is 2. The molecule has 0 amide bonds. The molecule has 0 spiro atoms. The zero-order valence-electron chi connectivity index (χ0n) is 5.39. The zero-order chi connectivity index (χ0) is 9.83. The van der Waals surface area contributed by atoms with Gasteiger partial charge in [0.05, 0.1) is 0 Å². The molecular formula is CH5O7P3S. The van der Waals surface area contributed by atoms with Gasteiger partial charge < -0.3 is 14.3 Å². The van der Waals surface area contributed by atoms with Crippen molar-refractivity contribution in [2.45, 2.75) is 0 Å². The lowest BCUT2D eigenvalue weighted by molar-refractivity contribution is 0.240. The monoisotopic (exact) mass is 254 g/mol. The quantitative estimate of drug-likeness (QED) is 0.552. The third-order valence-electron chi connectivity index (χ3n) is 0.508. The van der Waals surface area contributed by atoms with Crippen LogP contribution >= 0.6 is 37.3 Å². The van der Waals surface area contributed by atoms with E-state index in [-0.39, 0.29) is 0 Å². The molecule has 0 bridgehead atoms. The average molecular weight is 254 g/mol. The Bertz CT molecular complexity index is 243. The Morgan fingerprint density at radius 2 is 1.92 bits per heavy atom. The maximum atomic E-state index is 10.9. The molecule has 7 nitrogen and oxygen atoms in total. The standard InChI is InChI=1S/CH5O7P3S/c2-10(3,4)8-11(5,7-9)6-1-12/h1H,9H2,(H2,2,3,4). The van der Waals surface area contributed by atoms with E-state index in [0.717, 1.165) is 0 Å². The predicted octanol–water partition coefficient (Wildman–Crippen LogP) is 0.984. The number of rotatable bonds is 5. The van der Waals surface area contributed by atoms with Crippen molar-refractivity contribution in [3.63, 3.8) is 0 Å². The molecule has 0 aliphatic rings. The van der Waals surface area contributed by atoms with Crippen LogP contribution in [0.15, 0.2) is 0 Å². The summed E-state index contributed by atoms with van der Waals surface area (Å²) in [5.74, 6) is 0. The first-order valence-electron chi connectivity index (χ1n) is 2.20. The molecule has 0 aliphatic heterocycles. The maximum absolute atomic E-state index is 10.9. The molecule has 2 unspecified atom stereocenters. The SMILES string of the molecule is O=P(O)(O)OP(=O)(OP)OC=S. The molecule has 0 heterocycles. The van der Waals surface area contributed by atoms with Gasteiger partial charge in [0.1, 0.15) is 0 Å². The minimum atomic E-state index is -4.93. The van der Waals surface area contributed by atoms with E-state index in [4.69, 9.17) is 9.79 Å². The highest BCUT2D eigenvalue weighted by molar-refractivity contribution is 7.79. The Kier molecular flexibility index (Phi) is 4.99. The third kappa shape index (κ3) is 5.30. The number of hydrogen-bond acceptors (Lipinski definition) is 6. The van der Waals surface area contributed by atoms with Crippen molar-refractivity contribution >= 4 is 42.9 Å². The first kappa shape index (κ1) is 12.6. The van der Waals surface area contributed by atoms with Crippen molar-refractivity contribution in [2.24, 2.45) is 0 Å². The van der Waals surface area contributed by atoms with Gasteiger partial charge in [-0.2, -0.15) is 4.31 Å². The largest absolute Gasteiger partial charge is 0.542 e. The summed E-state index contributed by atoms with van der Waals surface area (Å²) in [6.45, 7) is 0. The molecule has 0 aromatic heterocycles. The minimum absolute atomic E-state index is 0.514.